The lowest BCUT2D eigenvalue weighted by atomic mass is 9.97. The van der Waals surface area contributed by atoms with Crippen molar-refractivity contribution in [1.29, 1.82) is 5.26 Å². The predicted molar refractivity (Wildman–Crippen MR) is 132 cm³/mol. The second kappa shape index (κ2) is 9.18. The molecule has 0 saturated carbocycles. The zero-order valence-corrected chi connectivity index (χ0v) is 19.8. The molecule has 0 radical (unpaired) electrons. The Morgan fingerprint density at radius 2 is 1.86 bits per heavy atom. The van der Waals surface area contributed by atoms with Crippen molar-refractivity contribution in [2.45, 2.75) is 11.4 Å². The van der Waals surface area contributed by atoms with Gasteiger partial charge >= 0.3 is 0 Å². The molecule has 36 heavy (non-hydrogen) atoms. The molecule has 5 rings (SSSR count). The molecule has 5 aromatic rings. The fourth-order valence-corrected chi connectivity index (χ4v) is 4.65. The SMILES string of the molecule is COc1ccc(Cn2nnc(-c3c(-c4ccc5nc(C#N)ccc5c4)cccc3S(N)(=O)=O)n2)cc1. The smallest absolute Gasteiger partial charge is 0.238 e. The van der Waals surface area contributed by atoms with E-state index in [2.05, 4.69) is 20.4 Å². The number of ether oxygens (including phenoxy) is 1. The molecule has 2 N–H and O–H groups in total. The van der Waals surface area contributed by atoms with Gasteiger partial charge < -0.3 is 4.74 Å². The molecule has 0 spiro atoms. The molecule has 2 aromatic heterocycles. The first-order chi connectivity index (χ1) is 17.4. The van der Waals surface area contributed by atoms with Crippen LogP contribution in [0.25, 0.3) is 33.4 Å². The minimum Gasteiger partial charge on any atom is -0.497 e. The number of rotatable bonds is 6. The van der Waals surface area contributed by atoms with Gasteiger partial charge in [-0.3, -0.25) is 0 Å². The van der Waals surface area contributed by atoms with Gasteiger partial charge in [0.1, 0.15) is 17.5 Å². The standard InChI is InChI=1S/C25H19N7O3S/c1-35-20-10-5-16(6-11-20)15-32-30-25(29-31-32)24-21(3-2-4-23(24)36(27,33)34)17-8-12-22-18(13-17)7-9-19(14-26)28-22/h2-13H,15H2,1H3,(H2,27,33,34). The van der Waals surface area contributed by atoms with Crippen molar-refractivity contribution in [1.82, 2.24) is 25.2 Å². The number of pyridine rings is 1. The summed E-state index contributed by atoms with van der Waals surface area (Å²) >= 11 is 0. The van der Waals surface area contributed by atoms with E-state index in [4.69, 9.17) is 15.1 Å². The van der Waals surface area contributed by atoms with Gasteiger partial charge in [0.2, 0.25) is 15.8 Å². The van der Waals surface area contributed by atoms with Crippen molar-refractivity contribution >= 4 is 20.9 Å². The van der Waals surface area contributed by atoms with E-state index in [-0.39, 0.29) is 16.3 Å². The Labute approximate surface area is 206 Å². The van der Waals surface area contributed by atoms with Gasteiger partial charge in [0.05, 0.1) is 29.6 Å². The number of primary sulfonamides is 1. The van der Waals surface area contributed by atoms with Crippen LogP contribution in [-0.2, 0) is 16.6 Å². The molecule has 11 heteroatoms. The van der Waals surface area contributed by atoms with E-state index < -0.39 is 10.0 Å². The Morgan fingerprint density at radius 3 is 2.58 bits per heavy atom. The average molecular weight is 498 g/mol. The van der Waals surface area contributed by atoms with Crippen molar-refractivity contribution in [2.75, 3.05) is 7.11 Å². The highest BCUT2D eigenvalue weighted by Gasteiger charge is 2.23. The summed E-state index contributed by atoms with van der Waals surface area (Å²) in [5.74, 6) is 0.855. The molecular weight excluding hydrogens is 478 g/mol. The van der Waals surface area contributed by atoms with Gasteiger partial charge in [-0.15, -0.1) is 10.2 Å². The number of methoxy groups -OCH3 is 1. The minimum atomic E-state index is -4.10. The summed E-state index contributed by atoms with van der Waals surface area (Å²) in [7, 11) is -2.51. The van der Waals surface area contributed by atoms with E-state index >= 15 is 0 Å². The summed E-state index contributed by atoms with van der Waals surface area (Å²) < 4.78 is 30.2. The van der Waals surface area contributed by atoms with Gasteiger partial charge in [0.25, 0.3) is 0 Å². The number of nitrogens with zero attached hydrogens (tertiary/aromatic N) is 6. The van der Waals surface area contributed by atoms with E-state index in [9.17, 15) is 8.42 Å². The van der Waals surface area contributed by atoms with Gasteiger partial charge in [-0.25, -0.2) is 18.5 Å². The van der Waals surface area contributed by atoms with E-state index in [1.54, 1.807) is 43.5 Å². The van der Waals surface area contributed by atoms with Crippen LogP contribution in [0.3, 0.4) is 0 Å². The van der Waals surface area contributed by atoms with Crippen molar-refractivity contribution in [3.05, 3.63) is 84.1 Å². The highest BCUT2D eigenvalue weighted by molar-refractivity contribution is 7.89. The summed E-state index contributed by atoms with van der Waals surface area (Å²) in [4.78, 5) is 5.57. The molecule has 0 bridgehead atoms. The lowest BCUT2D eigenvalue weighted by Crippen LogP contribution is -2.14. The molecule has 10 nitrogen and oxygen atoms in total. The molecule has 0 fully saturated rings. The third-order valence-electron chi connectivity index (χ3n) is 5.61. The number of nitriles is 1. The van der Waals surface area contributed by atoms with E-state index in [0.717, 1.165) is 16.7 Å². The lowest BCUT2D eigenvalue weighted by Gasteiger charge is -2.12. The Kier molecular flexibility index (Phi) is 5.89. The van der Waals surface area contributed by atoms with Crippen molar-refractivity contribution < 1.29 is 13.2 Å². The van der Waals surface area contributed by atoms with E-state index in [1.807, 2.05) is 36.4 Å². The van der Waals surface area contributed by atoms with Crippen molar-refractivity contribution in [2.24, 2.45) is 5.14 Å². The highest BCUT2D eigenvalue weighted by atomic mass is 32.2. The Balaban J connectivity index is 1.61. The number of nitrogens with two attached hydrogens (primary N) is 1. The van der Waals surface area contributed by atoms with Crippen LogP contribution in [0, 0.1) is 11.3 Å². The van der Waals surface area contributed by atoms with Crippen LogP contribution < -0.4 is 9.88 Å². The first kappa shape index (κ1) is 23.1. The molecule has 0 aliphatic heterocycles. The third kappa shape index (κ3) is 4.50. The number of benzene rings is 3. The van der Waals surface area contributed by atoms with Crippen molar-refractivity contribution in [3.8, 4) is 34.3 Å². The van der Waals surface area contributed by atoms with Gasteiger partial charge in [-0.2, -0.15) is 10.1 Å². The average Bonchev–Trinajstić information content (AvgIpc) is 3.35. The van der Waals surface area contributed by atoms with Crippen LogP contribution in [0.1, 0.15) is 11.3 Å². The first-order valence-corrected chi connectivity index (χ1v) is 12.3. The van der Waals surface area contributed by atoms with E-state index in [1.165, 1.54) is 10.9 Å². The minimum absolute atomic E-state index is 0.109. The van der Waals surface area contributed by atoms with Crippen LogP contribution >= 0.6 is 0 Å². The molecular formula is C25H19N7O3S. The fourth-order valence-electron chi connectivity index (χ4n) is 3.90. The molecule has 0 aliphatic rings. The Morgan fingerprint density at radius 1 is 1.06 bits per heavy atom. The zero-order chi connectivity index (χ0) is 25.3. The summed E-state index contributed by atoms with van der Waals surface area (Å²) in [6, 6.07) is 23.1. The number of sulfonamides is 1. The number of hydrogen-bond donors (Lipinski definition) is 1. The van der Waals surface area contributed by atoms with Crippen LogP contribution in [0.2, 0.25) is 0 Å². The Bertz CT molecular complexity index is 1740. The molecule has 0 unspecified atom stereocenters. The highest BCUT2D eigenvalue weighted by Crippen LogP contribution is 2.36. The monoisotopic (exact) mass is 497 g/mol. The molecule has 3 aromatic carbocycles. The third-order valence-corrected chi connectivity index (χ3v) is 6.56. The Hall–Kier alpha value is -4.66. The topological polar surface area (TPSA) is 150 Å². The zero-order valence-electron chi connectivity index (χ0n) is 19.0. The first-order valence-electron chi connectivity index (χ1n) is 10.7. The summed E-state index contributed by atoms with van der Waals surface area (Å²) in [5, 5.41) is 28.2. The van der Waals surface area contributed by atoms with Gasteiger partial charge in [-0.1, -0.05) is 30.3 Å². The molecule has 0 saturated heterocycles. The normalized spacial score (nSPS) is 11.4. The van der Waals surface area contributed by atoms with Crippen LogP contribution in [0.5, 0.6) is 5.75 Å². The number of tetrazole rings is 1. The molecule has 0 aliphatic carbocycles. The quantitative estimate of drug-likeness (QED) is 0.376. The second-order valence-electron chi connectivity index (χ2n) is 7.93. The van der Waals surface area contributed by atoms with Gasteiger partial charge in [0, 0.05) is 5.39 Å². The molecule has 0 amide bonds. The van der Waals surface area contributed by atoms with Crippen LogP contribution in [-0.4, -0.2) is 40.7 Å². The van der Waals surface area contributed by atoms with E-state index in [0.29, 0.717) is 28.9 Å². The summed E-state index contributed by atoms with van der Waals surface area (Å²) in [6.45, 7) is 0.326. The van der Waals surface area contributed by atoms with Gasteiger partial charge in [-0.05, 0) is 64.4 Å². The van der Waals surface area contributed by atoms with Crippen LogP contribution in [0.15, 0.2) is 77.7 Å². The van der Waals surface area contributed by atoms with Crippen molar-refractivity contribution in [3.63, 3.8) is 0 Å². The molecule has 0 atom stereocenters. The largest absolute Gasteiger partial charge is 0.497 e. The maximum atomic E-state index is 12.5. The van der Waals surface area contributed by atoms with Gasteiger partial charge in [0.15, 0.2) is 0 Å². The predicted octanol–water partition coefficient (Wildman–Crippen LogP) is 3.13. The number of fused-ring (bicyclic) bond motifs is 1. The fraction of sp³-hybridized carbons (Fsp3) is 0.0800. The maximum Gasteiger partial charge on any atom is 0.238 e. The molecule has 2 heterocycles. The number of aromatic nitrogens is 5. The van der Waals surface area contributed by atoms with Crippen LogP contribution in [0.4, 0.5) is 0 Å². The second-order valence-corrected chi connectivity index (χ2v) is 9.46. The molecule has 178 valence electrons. The lowest BCUT2D eigenvalue weighted by molar-refractivity contribution is 0.414. The maximum absolute atomic E-state index is 12.5. The number of hydrogen-bond acceptors (Lipinski definition) is 8. The summed E-state index contributed by atoms with van der Waals surface area (Å²) in [6.07, 6.45) is 0. The summed E-state index contributed by atoms with van der Waals surface area (Å²) in [5.41, 5.74) is 3.40.